The highest BCUT2D eigenvalue weighted by molar-refractivity contribution is 5.42. The van der Waals surface area contributed by atoms with E-state index < -0.39 is 5.79 Å². The van der Waals surface area contributed by atoms with Crippen molar-refractivity contribution in [3.63, 3.8) is 0 Å². The zero-order valence-electron chi connectivity index (χ0n) is 9.77. The first-order valence-corrected chi connectivity index (χ1v) is 5.60. The Morgan fingerprint density at radius 2 is 1.81 bits per heavy atom. The van der Waals surface area contributed by atoms with E-state index >= 15 is 0 Å². The molecule has 0 bridgehead atoms. The lowest BCUT2D eigenvalue weighted by molar-refractivity contribution is -0.0731. The minimum atomic E-state index is -0.587. The van der Waals surface area contributed by atoms with Gasteiger partial charge in [0.2, 0.25) is 5.79 Å². The minimum Gasteiger partial charge on any atom is -0.449 e. The molecule has 0 atom stereocenters. The van der Waals surface area contributed by atoms with Crippen LogP contribution in [0.4, 0.5) is 0 Å². The normalized spacial score (nSPS) is 16.8. The van der Waals surface area contributed by atoms with E-state index in [0.717, 1.165) is 31.0 Å². The van der Waals surface area contributed by atoms with Crippen molar-refractivity contribution < 1.29 is 9.47 Å². The molecule has 2 N–H and O–H groups in total. The van der Waals surface area contributed by atoms with E-state index in [-0.39, 0.29) is 0 Å². The number of hydrazine groups is 1. The second-order valence-corrected chi connectivity index (χ2v) is 4.16. The molecular formula is C12H18N2O2. The Morgan fingerprint density at radius 1 is 1.25 bits per heavy atom. The first-order chi connectivity index (χ1) is 7.63. The van der Waals surface area contributed by atoms with Gasteiger partial charge in [-0.3, -0.25) is 5.84 Å². The van der Waals surface area contributed by atoms with Gasteiger partial charge >= 0.3 is 0 Å². The van der Waals surface area contributed by atoms with Gasteiger partial charge in [-0.2, -0.15) is 0 Å². The SMILES string of the molecule is CCN(N)CCC1(C)Oc2ccccc2O1. The van der Waals surface area contributed by atoms with Gasteiger partial charge < -0.3 is 9.47 Å². The Labute approximate surface area is 95.9 Å². The number of nitrogens with two attached hydrogens (primary N) is 1. The van der Waals surface area contributed by atoms with Crippen molar-refractivity contribution in [1.29, 1.82) is 0 Å². The summed E-state index contributed by atoms with van der Waals surface area (Å²) in [6.07, 6.45) is 0.742. The molecule has 0 saturated carbocycles. The highest BCUT2D eigenvalue weighted by Gasteiger charge is 2.36. The fourth-order valence-electron chi connectivity index (χ4n) is 1.71. The van der Waals surface area contributed by atoms with Crippen molar-refractivity contribution in [3.05, 3.63) is 24.3 Å². The van der Waals surface area contributed by atoms with E-state index in [4.69, 9.17) is 15.3 Å². The monoisotopic (exact) mass is 222 g/mol. The van der Waals surface area contributed by atoms with Crippen molar-refractivity contribution in [2.24, 2.45) is 5.84 Å². The number of rotatable bonds is 4. The molecule has 0 fully saturated rings. The average molecular weight is 222 g/mol. The van der Waals surface area contributed by atoms with Crippen LogP contribution in [-0.2, 0) is 0 Å². The molecule has 0 aromatic heterocycles. The van der Waals surface area contributed by atoms with Crippen LogP contribution in [0.25, 0.3) is 0 Å². The lowest BCUT2D eigenvalue weighted by Gasteiger charge is -2.25. The fraction of sp³-hybridized carbons (Fsp3) is 0.500. The number of ether oxygens (including phenoxy) is 2. The molecule has 2 rings (SSSR count). The number of benzene rings is 1. The Balaban J connectivity index is 1.98. The van der Waals surface area contributed by atoms with E-state index in [1.165, 1.54) is 0 Å². The molecule has 4 nitrogen and oxygen atoms in total. The molecule has 1 aromatic rings. The van der Waals surface area contributed by atoms with E-state index in [2.05, 4.69) is 0 Å². The summed E-state index contributed by atoms with van der Waals surface area (Å²) in [5.74, 6) is 6.77. The highest BCUT2D eigenvalue weighted by atomic mass is 16.7. The summed E-state index contributed by atoms with van der Waals surface area (Å²) >= 11 is 0. The Bertz CT molecular complexity index is 343. The first kappa shape index (κ1) is 11.2. The van der Waals surface area contributed by atoms with Crippen molar-refractivity contribution in [3.8, 4) is 11.5 Å². The maximum Gasteiger partial charge on any atom is 0.250 e. The lowest BCUT2D eigenvalue weighted by Crippen LogP contribution is -2.41. The van der Waals surface area contributed by atoms with Crippen LogP contribution in [0.1, 0.15) is 20.3 Å². The molecule has 0 amide bonds. The fourth-order valence-corrected chi connectivity index (χ4v) is 1.71. The van der Waals surface area contributed by atoms with E-state index in [0.29, 0.717) is 0 Å². The van der Waals surface area contributed by atoms with Gasteiger partial charge in [0, 0.05) is 26.4 Å². The molecule has 0 aliphatic carbocycles. The average Bonchev–Trinajstić information content (AvgIpc) is 2.62. The van der Waals surface area contributed by atoms with Gasteiger partial charge in [-0.25, -0.2) is 5.01 Å². The number of hydrogen-bond acceptors (Lipinski definition) is 4. The van der Waals surface area contributed by atoms with Gasteiger partial charge in [0.15, 0.2) is 11.5 Å². The largest absolute Gasteiger partial charge is 0.449 e. The Morgan fingerprint density at radius 3 is 2.31 bits per heavy atom. The molecule has 0 radical (unpaired) electrons. The maximum atomic E-state index is 5.78. The number of hydrogen-bond donors (Lipinski definition) is 1. The topological polar surface area (TPSA) is 47.7 Å². The second kappa shape index (κ2) is 4.31. The molecule has 4 heteroatoms. The van der Waals surface area contributed by atoms with Gasteiger partial charge in [-0.15, -0.1) is 0 Å². The summed E-state index contributed by atoms with van der Waals surface area (Å²) in [5.41, 5.74) is 0. The van der Waals surface area contributed by atoms with Gasteiger partial charge in [0.1, 0.15) is 0 Å². The predicted molar refractivity (Wildman–Crippen MR) is 62.2 cm³/mol. The molecule has 1 aliphatic rings. The van der Waals surface area contributed by atoms with Gasteiger partial charge in [-0.1, -0.05) is 19.1 Å². The zero-order chi connectivity index (χ0) is 11.6. The lowest BCUT2D eigenvalue weighted by atomic mass is 10.2. The van der Waals surface area contributed by atoms with E-state index in [1.807, 2.05) is 38.1 Å². The summed E-state index contributed by atoms with van der Waals surface area (Å²) in [6.45, 7) is 5.54. The number of nitrogens with zero attached hydrogens (tertiary/aromatic N) is 1. The quantitative estimate of drug-likeness (QED) is 0.623. The molecule has 0 spiro atoms. The van der Waals surface area contributed by atoms with Crippen LogP contribution < -0.4 is 15.3 Å². The highest BCUT2D eigenvalue weighted by Crippen LogP contribution is 2.40. The molecule has 0 saturated heterocycles. The minimum absolute atomic E-state index is 0.587. The molecule has 0 unspecified atom stereocenters. The van der Waals surface area contributed by atoms with Crippen LogP contribution in [0.15, 0.2) is 24.3 Å². The van der Waals surface area contributed by atoms with Crippen molar-refractivity contribution in [1.82, 2.24) is 5.01 Å². The van der Waals surface area contributed by atoms with Crippen LogP contribution in [0.2, 0.25) is 0 Å². The third-order valence-corrected chi connectivity index (χ3v) is 2.76. The summed E-state index contributed by atoms with van der Waals surface area (Å²) in [7, 11) is 0. The van der Waals surface area contributed by atoms with Crippen molar-refractivity contribution in [2.45, 2.75) is 26.1 Å². The zero-order valence-corrected chi connectivity index (χ0v) is 9.77. The van der Waals surface area contributed by atoms with Crippen LogP contribution in [0.5, 0.6) is 11.5 Å². The molecule has 1 aliphatic heterocycles. The van der Waals surface area contributed by atoms with Crippen LogP contribution in [0.3, 0.4) is 0 Å². The third kappa shape index (κ3) is 2.28. The maximum absolute atomic E-state index is 5.78. The smallest absolute Gasteiger partial charge is 0.250 e. The van der Waals surface area contributed by atoms with E-state index in [1.54, 1.807) is 5.01 Å². The van der Waals surface area contributed by atoms with Crippen molar-refractivity contribution >= 4 is 0 Å². The van der Waals surface area contributed by atoms with Gasteiger partial charge in [0.25, 0.3) is 0 Å². The number of para-hydroxylation sites is 2. The molecule has 88 valence electrons. The van der Waals surface area contributed by atoms with Crippen molar-refractivity contribution in [2.75, 3.05) is 13.1 Å². The Hall–Kier alpha value is -1.26. The standard InChI is InChI=1S/C12H18N2O2/c1-3-14(13)9-8-12(2)15-10-6-4-5-7-11(10)16-12/h4-7H,3,8-9,13H2,1-2H3. The predicted octanol–water partition coefficient (Wildman–Crippen LogP) is 1.76. The summed E-state index contributed by atoms with van der Waals surface area (Å²) in [6, 6.07) is 7.71. The first-order valence-electron chi connectivity index (χ1n) is 5.60. The summed E-state index contributed by atoms with van der Waals surface area (Å²) in [5, 5.41) is 1.75. The van der Waals surface area contributed by atoms with Gasteiger partial charge in [0.05, 0.1) is 0 Å². The molecular weight excluding hydrogens is 204 g/mol. The molecule has 16 heavy (non-hydrogen) atoms. The van der Waals surface area contributed by atoms with Gasteiger partial charge in [-0.05, 0) is 12.1 Å². The van der Waals surface area contributed by atoms with E-state index in [9.17, 15) is 0 Å². The summed E-state index contributed by atoms with van der Waals surface area (Å²) in [4.78, 5) is 0. The second-order valence-electron chi connectivity index (χ2n) is 4.16. The van der Waals surface area contributed by atoms with Crippen LogP contribution in [0, 0.1) is 0 Å². The molecule has 1 heterocycles. The Kier molecular flexibility index (Phi) is 3.03. The summed E-state index contributed by atoms with van der Waals surface area (Å²) < 4.78 is 11.6. The third-order valence-electron chi connectivity index (χ3n) is 2.76. The molecule has 1 aromatic carbocycles. The van der Waals surface area contributed by atoms with Crippen LogP contribution in [-0.4, -0.2) is 23.9 Å². The number of fused-ring (bicyclic) bond motifs is 1. The van der Waals surface area contributed by atoms with Crippen LogP contribution >= 0.6 is 0 Å².